The summed E-state index contributed by atoms with van der Waals surface area (Å²) in [5.41, 5.74) is 2.79. The summed E-state index contributed by atoms with van der Waals surface area (Å²) in [7, 11) is -3.37. The number of aromatic hydroxyl groups is 1. The van der Waals surface area contributed by atoms with E-state index in [0.717, 1.165) is 35.8 Å². The van der Waals surface area contributed by atoms with Crippen LogP contribution in [-0.2, 0) is 20.9 Å². The Kier molecular flexibility index (Phi) is 8.37. The standard InChI is InChI=1S/C30H43N3O4S/c1-9-10-20-17-33(28(31)26(20)19-11-13-22(14-12-19)32-38(8,36)37)18-25(34)21-15-23(29(2,3)4)27(35)24(16-21)30(5,6)7/h11-16,20,26,31-32,35H,9-10,17-18H2,1-8H3/t20-,26+/m0/s1. The van der Waals surface area contributed by atoms with Gasteiger partial charge < -0.3 is 10.0 Å². The van der Waals surface area contributed by atoms with Crippen molar-refractivity contribution in [2.24, 2.45) is 5.92 Å². The maximum atomic E-state index is 13.6. The molecule has 0 bridgehead atoms. The number of sulfonamides is 1. The molecule has 8 heteroatoms. The van der Waals surface area contributed by atoms with Crippen molar-refractivity contribution < 1.29 is 18.3 Å². The lowest BCUT2D eigenvalue weighted by atomic mass is 9.78. The van der Waals surface area contributed by atoms with Crippen LogP contribution in [0.2, 0.25) is 0 Å². The monoisotopic (exact) mass is 541 g/mol. The average molecular weight is 542 g/mol. The third-order valence-corrected chi connectivity index (χ3v) is 7.78. The number of rotatable bonds is 8. The Morgan fingerprint density at radius 2 is 1.58 bits per heavy atom. The fourth-order valence-electron chi connectivity index (χ4n) is 5.29. The van der Waals surface area contributed by atoms with Gasteiger partial charge >= 0.3 is 0 Å². The smallest absolute Gasteiger partial charge is 0.229 e. The number of phenols is 1. The molecule has 0 radical (unpaired) electrons. The van der Waals surface area contributed by atoms with Crippen molar-refractivity contribution >= 4 is 27.3 Å². The Morgan fingerprint density at radius 3 is 2.03 bits per heavy atom. The largest absolute Gasteiger partial charge is 0.507 e. The molecule has 0 amide bonds. The summed E-state index contributed by atoms with van der Waals surface area (Å²) in [6.07, 6.45) is 3.00. The van der Waals surface area contributed by atoms with Gasteiger partial charge in [0, 0.05) is 34.8 Å². The minimum Gasteiger partial charge on any atom is -0.507 e. The number of carbonyl (C=O) groups is 1. The zero-order chi connectivity index (χ0) is 28.6. The normalized spacial score (nSPS) is 18.6. The number of nitrogens with zero attached hydrogens (tertiary/aromatic N) is 1. The zero-order valence-electron chi connectivity index (χ0n) is 24.0. The third-order valence-electron chi connectivity index (χ3n) is 7.18. The number of hydrogen-bond donors (Lipinski definition) is 3. The fraction of sp³-hybridized carbons (Fsp3) is 0.533. The van der Waals surface area contributed by atoms with E-state index in [9.17, 15) is 18.3 Å². The van der Waals surface area contributed by atoms with Crippen LogP contribution in [0.25, 0.3) is 0 Å². The Labute approximate surface area is 228 Å². The van der Waals surface area contributed by atoms with Crippen LogP contribution in [0.3, 0.4) is 0 Å². The number of anilines is 1. The molecule has 3 N–H and O–H groups in total. The number of amidine groups is 1. The van der Waals surface area contributed by atoms with Crippen molar-refractivity contribution in [3.8, 4) is 5.75 Å². The molecular formula is C30H43N3O4S. The van der Waals surface area contributed by atoms with E-state index in [1.807, 2.05) is 58.6 Å². The zero-order valence-corrected chi connectivity index (χ0v) is 24.8. The first-order chi connectivity index (χ1) is 17.4. The molecule has 0 aromatic heterocycles. The average Bonchev–Trinajstić information content (AvgIpc) is 3.06. The second-order valence-corrected chi connectivity index (χ2v) is 14.4. The molecule has 3 rings (SSSR count). The summed E-state index contributed by atoms with van der Waals surface area (Å²) in [5, 5.41) is 20.0. The predicted molar refractivity (Wildman–Crippen MR) is 155 cm³/mol. The van der Waals surface area contributed by atoms with E-state index in [2.05, 4.69) is 11.6 Å². The molecule has 1 aliphatic rings. The van der Waals surface area contributed by atoms with E-state index in [0.29, 0.717) is 23.6 Å². The van der Waals surface area contributed by atoms with Gasteiger partial charge in [-0.3, -0.25) is 14.9 Å². The molecule has 0 aliphatic carbocycles. The molecule has 7 nitrogen and oxygen atoms in total. The van der Waals surface area contributed by atoms with E-state index < -0.39 is 10.0 Å². The van der Waals surface area contributed by atoms with Crippen LogP contribution in [-0.4, -0.2) is 49.4 Å². The van der Waals surface area contributed by atoms with E-state index in [1.165, 1.54) is 0 Å². The Morgan fingerprint density at radius 1 is 1.05 bits per heavy atom. The van der Waals surface area contributed by atoms with Crippen molar-refractivity contribution in [1.82, 2.24) is 4.90 Å². The van der Waals surface area contributed by atoms with Crippen molar-refractivity contribution in [2.45, 2.75) is 78.1 Å². The minimum atomic E-state index is -3.37. The molecule has 0 spiro atoms. The molecule has 1 heterocycles. The Balaban J connectivity index is 1.90. The van der Waals surface area contributed by atoms with Gasteiger partial charge in [-0.2, -0.15) is 0 Å². The maximum Gasteiger partial charge on any atom is 0.229 e. The Bertz CT molecular complexity index is 1270. The molecule has 1 fully saturated rings. The summed E-state index contributed by atoms with van der Waals surface area (Å²) in [4.78, 5) is 15.5. The molecule has 0 saturated carbocycles. The van der Waals surface area contributed by atoms with Crippen LogP contribution in [0, 0.1) is 11.3 Å². The summed E-state index contributed by atoms with van der Waals surface area (Å²) in [6, 6.07) is 10.8. The fourth-order valence-corrected chi connectivity index (χ4v) is 5.86. The van der Waals surface area contributed by atoms with Crippen molar-refractivity contribution in [2.75, 3.05) is 24.1 Å². The number of likely N-dealkylation sites (tertiary alicyclic amines) is 1. The highest BCUT2D eigenvalue weighted by molar-refractivity contribution is 7.92. The first kappa shape index (κ1) is 29.7. The van der Waals surface area contributed by atoms with Crippen LogP contribution >= 0.6 is 0 Å². The highest BCUT2D eigenvalue weighted by atomic mass is 32.2. The summed E-state index contributed by atoms with van der Waals surface area (Å²) in [5.74, 6) is 0.599. The van der Waals surface area contributed by atoms with Gasteiger partial charge in [-0.1, -0.05) is 67.0 Å². The maximum absolute atomic E-state index is 13.6. The van der Waals surface area contributed by atoms with Gasteiger partial charge in [-0.25, -0.2) is 8.42 Å². The SMILES string of the molecule is CCC[C@H]1CN(CC(=O)c2cc(C(C)(C)C)c(O)c(C(C)(C)C)c2)C(=N)[C@@H]1c1ccc(NS(C)(=O)=O)cc1. The lowest BCUT2D eigenvalue weighted by Gasteiger charge is -2.28. The first-order valence-corrected chi connectivity index (χ1v) is 15.1. The van der Waals surface area contributed by atoms with E-state index in [4.69, 9.17) is 5.41 Å². The van der Waals surface area contributed by atoms with Crippen LogP contribution in [0.1, 0.15) is 94.3 Å². The number of Topliss-reactive ketones (excluding diaryl/α,β-unsaturated/α-hetero) is 1. The van der Waals surface area contributed by atoms with Crippen LogP contribution in [0.15, 0.2) is 36.4 Å². The topological polar surface area (TPSA) is 111 Å². The van der Waals surface area contributed by atoms with Gasteiger partial charge in [0.15, 0.2) is 5.78 Å². The highest BCUT2D eigenvalue weighted by Crippen LogP contribution is 2.41. The molecular weight excluding hydrogens is 498 g/mol. The molecule has 0 unspecified atom stereocenters. The molecule has 38 heavy (non-hydrogen) atoms. The summed E-state index contributed by atoms with van der Waals surface area (Å²) < 4.78 is 25.6. The predicted octanol–water partition coefficient (Wildman–Crippen LogP) is 6.03. The number of carbonyl (C=O) groups excluding carboxylic acids is 1. The third kappa shape index (κ3) is 6.76. The highest BCUT2D eigenvalue weighted by Gasteiger charge is 2.39. The number of ketones is 1. The Hall–Kier alpha value is -2.87. The second kappa shape index (κ2) is 10.7. The van der Waals surface area contributed by atoms with Crippen molar-refractivity contribution in [3.05, 3.63) is 58.7 Å². The van der Waals surface area contributed by atoms with E-state index in [1.54, 1.807) is 24.3 Å². The van der Waals surface area contributed by atoms with Gasteiger partial charge in [0.25, 0.3) is 0 Å². The lowest BCUT2D eigenvalue weighted by Crippen LogP contribution is -2.32. The number of hydrogen-bond acceptors (Lipinski definition) is 5. The van der Waals surface area contributed by atoms with Gasteiger partial charge in [0.1, 0.15) is 11.6 Å². The minimum absolute atomic E-state index is 0.0747. The molecule has 2 atom stereocenters. The molecule has 208 valence electrons. The molecule has 1 aliphatic heterocycles. The van der Waals surface area contributed by atoms with Crippen LogP contribution < -0.4 is 4.72 Å². The van der Waals surface area contributed by atoms with E-state index in [-0.39, 0.29) is 40.7 Å². The molecule has 2 aromatic rings. The van der Waals surface area contributed by atoms with Gasteiger partial charge in [-0.05, 0) is 53.0 Å². The van der Waals surface area contributed by atoms with E-state index >= 15 is 0 Å². The first-order valence-electron chi connectivity index (χ1n) is 13.2. The van der Waals surface area contributed by atoms with Gasteiger partial charge in [0.2, 0.25) is 10.0 Å². The molecule has 2 aromatic carbocycles. The van der Waals surface area contributed by atoms with Crippen molar-refractivity contribution in [3.63, 3.8) is 0 Å². The second-order valence-electron chi connectivity index (χ2n) is 12.6. The number of nitrogens with one attached hydrogen (secondary N) is 2. The summed E-state index contributed by atoms with van der Waals surface area (Å²) in [6.45, 7) is 15.0. The quantitative estimate of drug-likeness (QED) is 0.353. The number of phenolic OH excluding ortho intramolecular Hbond substituents is 1. The van der Waals surface area contributed by atoms with Crippen LogP contribution in [0.5, 0.6) is 5.75 Å². The summed E-state index contributed by atoms with van der Waals surface area (Å²) >= 11 is 0. The van der Waals surface area contributed by atoms with Crippen LogP contribution in [0.4, 0.5) is 5.69 Å². The van der Waals surface area contributed by atoms with Gasteiger partial charge in [-0.15, -0.1) is 0 Å². The molecule has 1 saturated heterocycles. The lowest BCUT2D eigenvalue weighted by molar-refractivity contribution is 0.0963. The van der Waals surface area contributed by atoms with Gasteiger partial charge in [0.05, 0.1) is 12.8 Å². The van der Waals surface area contributed by atoms with Crippen molar-refractivity contribution in [1.29, 1.82) is 5.41 Å². The number of benzene rings is 2.